The number of rotatable bonds is 5. The van der Waals surface area contributed by atoms with Crippen molar-refractivity contribution in [3.8, 4) is 0 Å². The summed E-state index contributed by atoms with van der Waals surface area (Å²) in [6.07, 6.45) is 2.48. The SMILES string of the molecule is Cc1ccc(C2(c3ccc(C)cc3)C[C@H]2C(=O)N/N=C\c2ccccc2)cc1. The summed E-state index contributed by atoms with van der Waals surface area (Å²) < 4.78 is 0. The highest BCUT2D eigenvalue weighted by molar-refractivity contribution is 5.87. The van der Waals surface area contributed by atoms with Crippen LogP contribution in [0.4, 0.5) is 0 Å². The van der Waals surface area contributed by atoms with Gasteiger partial charge >= 0.3 is 0 Å². The Balaban J connectivity index is 1.58. The first-order chi connectivity index (χ1) is 13.6. The number of hydrogen-bond acceptors (Lipinski definition) is 2. The standard InChI is InChI=1S/C25H24N2O/c1-18-8-12-21(13-9-18)25(22-14-10-19(2)11-15-22)16-23(25)24(28)27-26-17-20-6-4-3-5-7-20/h3-15,17,23H,16H2,1-2H3,(H,27,28)/b26-17-/t23-/m0/s1. The second kappa shape index (κ2) is 7.43. The monoisotopic (exact) mass is 368 g/mol. The number of benzene rings is 3. The summed E-state index contributed by atoms with van der Waals surface area (Å²) in [6.45, 7) is 4.16. The Kier molecular flexibility index (Phi) is 4.82. The van der Waals surface area contributed by atoms with Crippen molar-refractivity contribution >= 4 is 12.1 Å². The van der Waals surface area contributed by atoms with Gasteiger partial charge in [-0.25, -0.2) is 5.43 Å². The molecule has 1 aliphatic carbocycles. The van der Waals surface area contributed by atoms with Gasteiger partial charge in [0, 0.05) is 5.41 Å². The molecular weight excluding hydrogens is 344 g/mol. The first-order valence-corrected chi connectivity index (χ1v) is 9.62. The summed E-state index contributed by atoms with van der Waals surface area (Å²) in [4.78, 5) is 12.9. The first kappa shape index (κ1) is 18.2. The lowest BCUT2D eigenvalue weighted by atomic mass is 9.85. The van der Waals surface area contributed by atoms with Gasteiger partial charge in [0.05, 0.1) is 12.1 Å². The molecule has 1 N–H and O–H groups in total. The van der Waals surface area contributed by atoms with E-state index < -0.39 is 0 Å². The van der Waals surface area contributed by atoms with Gasteiger partial charge in [-0.2, -0.15) is 5.10 Å². The molecule has 3 aromatic rings. The highest BCUT2D eigenvalue weighted by Crippen LogP contribution is 2.59. The zero-order valence-electron chi connectivity index (χ0n) is 16.2. The van der Waals surface area contributed by atoms with Crippen molar-refractivity contribution in [1.29, 1.82) is 0 Å². The fourth-order valence-corrected chi connectivity index (χ4v) is 3.87. The summed E-state index contributed by atoms with van der Waals surface area (Å²) in [5, 5.41) is 4.16. The molecule has 0 heterocycles. The predicted octanol–water partition coefficient (Wildman–Crippen LogP) is 4.76. The first-order valence-electron chi connectivity index (χ1n) is 9.62. The summed E-state index contributed by atoms with van der Waals surface area (Å²) >= 11 is 0. The number of carbonyl (C=O) groups excluding carboxylic acids is 1. The van der Waals surface area contributed by atoms with Crippen LogP contribution >= 0.6 is 0 Å². The Morgan fingerprint density at radius 1 is 0.893 bits per heavy atom. The van der Waals surface area contributed by atoms with Gasteiger partial charge in [0.25, 0.3) is 0 Å². The lowest BCUT2D eigenvalue weighted by molar-refractivity contribution is -0.122. The third-order valence-electron chi connectivity index (χ3n) is 5.60. The van der Waals surface area contributed by atoms with Crippen LogP contribution in [-0.2, 0) is 10.2 Å². The van der Waals surface area contributed by atoms with Crippen molar-refractivity contribution in [2.45, 2.75) is 25.7 Å². The van der Waals surface area contributed by atoms with E-state index in [1.165, 1.54) is 22.3 Å². The van der Waals surface area contributed by atoms with Gasteiger partial charge in [-0.15, -0.1) is 0 Å². The minimum atomic E-state index is -0.270. The average molecular weight is 368 g/mol. The van der Waals surface area contributed by atoms with Crippen LogP contribution in [0.5, 0.6) is 0 Å². The van der Waals surface area contributed by atoms with Crippen molar-refractivity contribution in [3.63, 3.8) is 0 Å². The van der Waals surface area contributed by atoms with E-state index >= 15 is 0 Å². The largest absolute Gasteiger partial charge is 0.273 e. The third-order valence-corrected chi connectivity index (χ3v) is 5.60. The molecule has 0 aliphatic heterocycles. The average Bonchev–Trinajstić information content (AvgIpc) is 3.47. The predicted molar refractivity (Wildman–Crippen MR) is 113 cm³/mol. The number of aryl methyl sites for hydroxylation is 2. The molecule has 3 aromatic carbocycles. The molecule has 3 heteroatoms. The molecule has 1 saturated carbocycles. The molecule has 1 atom stereocenters. The van der Waals surface area contributed by atoms with Gasteiger partial charge in [0.1, 0.15) is 0 Å². The lowest BCUT2D eigenvalue weighted by Gasteiger charge is -2.19. The Morgan fingerprint density at radius 3 is 1.96 bits per heavy atom. The summed E-state index contributed by atoms with van der Waals surface area (Å²) in [5.74, 6) is -0.154. The Labute approximate surface area is 166 Å². The van der Waals surface area contributed by atoms with Crippen LogP contribution in [-0.4, -0.2) is 12.1 Å². The minimum absolute atomic E-state index is 0.0340. The van der Waals surface area contributed by atoms with Crippen molar-refractivity contribution in [2.75, 3.05) is 0 Å². The third kappa shape index (κ3) is 3.48. The number of nitrogens with one attached hydrogen (secondary N) is 1. The fraction of sp³-hybridized carbons (Fsp3) is 0.200. The molecule has 0 unspecified atom stereocenters. The van der Waals surface area contributed by atoms with E-state index in [1.54, 1.807) is 6.21 Å². The highest BCUT2D eigenvalue weighted by Gasteiger charge is 2.60. The van der Waals surface area contributed by atoms with Gasteiger partial charge in [0.15, 0.2) is 0 Å². The molecule has 1 amide bonds. The van der Waals surface area contributed by atoms with E-state index in [9.17, 15) is 4.79 Å². The van der Waals surface area contributed by atoms with Gasteiger partial charge in [-0.05, 0) is 37.0 Å². The molecule has 0 saturated heterocycles. The maximum Gasteiger partial charge on any atom is 0.244 e. The zero-order chi connectivity index (χ0) is 19.6. The smallest absolute Gasteiger partial charge is 0.244 e. The molecule has 4 rings (SSSR count). The summed E-state index contributed by atoms with van der Waals surface area (Å²) in [6, 6.07) is 26.8. The number of amides is 1. The van der Waals surface area contributed by atoms with Crippen LogP contribution in [0, 0.1) is 19.8 Å². The molecule has 0 bridgehead atoms. The number of hydrogen-bond donors (Lipinski definition) is 1. The molecule has 140 valence electrons. The van der Waals surface area contributed by atoms with Crippen molar-refractivity contribution in [1.82, 2.24) is 5.43 Å². The van der Waals surface area contributed by atoms with Crippen LogP contribution < -0.4 is 5.43 Å². The van der Waals surface area contributed by atoms with Gasteiger partial charge < -0.3 is 0 Å². The van der Waals surface area contributed by atoms with Crippen molar-refractivity contribution in [3.05, 3.63) is 107 Å². The Morgan fingerprint density at radius 2 is 1.43 bits per heavy atom. The zero-order valence-corrected chi connectivity index (χ0v) is 16.2. The van der Waals surface area contributed by atoms with Crippen LogP contribution in [0.2, 0.25) is 0 Å². The Bertz CT molecular complexity index is 943. The minimum Gasteiger partial charge on any atom is -0.273 e. The number of hydrazone groups is 1. The second-order valence-corrected chi connectivity index (χ2v) is 7.61. The summed E-state index contributed by atoms with van der Waals surface area (Å²) in [5.41, 5.74) is 8.25. The molecule has 28 heavy (non-hydrogen) atoms. The van der Waals surface area contributed by atoms with Crippen LogP contribution in [0.1, 0.15) is 34.2 Å². The topological polar surface area (TPSA) is 41.5 Å². The van der Waals surface area contributed by atoms with E-state index in [0.717, 1.165) is 12.0 Å². The van der Waals surface area contributed by atoms with E-state index in [0.29, 0.717) is 0 Å². The number of carbonyl (C=O) groups is 1. The second-order valence-electron chi connectivity index (χ2n) is 7.61. The summed E-state index contributed by atoms with van der Waals surface area (Å²) in [7, 11) is 0. The van der Waals surface area contributed by atoms with Crippen LogP contribution in [0.15, 0.2) is 84.0 Å². The molecular formula is C25H24N2O. The Hall–Kier alpha value is -3.20. The van der Waals surface area contributed by atoms with Gasteiger partial charge in [-0.1, -0.05) is 90.0 Å². The van der Waals surface area contributed by atoms with Crippen molar-refractivity contribution < 1.29 is 4.79 Å². The maximum atomic E-state index is 12.9. The van der Waals surface area contributed by atoms with E-state index in [4.69, 9.17) is 0 Å². The maximum absolute atomic E-state index is 12.9. The quantitative estimate of drug-likeness (QED) is 0.512. The molecule has 1 aliphatic rings. The highest BCUT2D eigenvalue weighted by atomic mass is 16.2. The molecule has 0 aromatic heterocycles. The van der Waals surface area contributed by atoms with Gasteiger partial charge in [-0.3, -0.25) is 4.79 Å². The van der Waals surface area contributed by atoms with E-state index in [2.05, 4.69) is 72.9 Å². The van der Waals surface area contributed by atoms with E-state index in [-0.39, 0.29) is 17.2 Å². The molecule has 3 nitrogen and oxygen atoms in total. The molecule has 0 radical (unpaired) electrons. The number of nitrogens with zero attached hydrogens (tertiary/aromatic N) is 1. The van der Waals surface area contributed by atoms with Crippen molar-refractivity contribution in [2.24, 2.45) is 11.0 Å². The lowest BCUT2D eigenvalue weighted by Crippen LogP contribution is -2.25. The molecule has 0 spiro atoms. The van der Waals surface area contributed by atoms with Gasteiger partial charge in [0.2, 0.25) is 5.91 Å². The fourth-order valence-electron chi connectivity index (χ4n) is 3.87. The van der Waals surface area contributed by atoms with Crippen LogP contribution in [0.25, 0.3) is 0 Å². The normalized spacial score (nSPS) is 17.4. The molecule has 1 fully saturated rings. The van der Waals surface area contributed by atoms with E-state index in [1.807, 2.05) is 30.3 Å². The van der Waals surface area contributed by atoms with Crippen LogP contribution in [0.3, 0.4) is 0 Å².